The van der Waals surface area contributed by atoms with Gasteiger partial charge in [-0.15, -0.1) is 0 Å². The van der Waals surface area contributed by atoms with Gasteiger partial charge in [0.1, 0.15) is 5.75 Å². The van der Waals surface area contributed by atoms with Crippen molar-refractivity contribution in [2.45, 2.75) is 20.3 Å². The summed E-state index contributed by atoms with van der Waals surface area (Å²) in [6, 6.07) is 7.66. The fourth-order valence-electron chi connectivity index (χ4n) is 1.50. The maximum absolute atomic E-state index is 11.5. The van der Waals surface area contributed by atoms with Crippen LogP contribution in [0.5, 0.6) is 5.75 Å². The first kappa shape index (κ1) is 15.0. The van der Waals surface area contributed by atoms with E-state index in [0.29, 0.717) is 18.8 Å². The lowest BCUT2D eigenvalue weighted by atomic mass is 10.2. The molecule has 0 atom stereocenters. The smallest absolute Gasteiger partial charge is 0.258 e. The molecule has 0 fully saturated rings. The highest BCUT2D eigenvalue weighted by Gasteiger charge is 2.02. The summed E-state index contributed by atoms with van der Waals surface area (Å²) in [4.78, 5) is 22.1. The second-order valence-electron chi connectivity index (χ2n) is 4.12. The predicted octanol–water partition coefficient (Wildman–Crippen LogP) is 0.880. The lowest BCUT2D eigenvalue weighted by molar-refractivity contribution is -0.123. The molecule has 0 saturated carbocycles. The van der Waals surface area contributed by atoms with Crippen molar-refractivity contribution in [1.29, 1.82) is 0 Å². The molecule has 0 heterocycles. The van der Waals surface area contributed by atoms with Crippen molar-refractivity contribution in [3.63, 3.8) is 0 Å². The highest BCUT2D eigenvalue weighted by Crippen LogP contribution is 2.13. The average molecular weight is 264 g/mol. The SMILES string of the molecule is CCc1cccc(OCC(=O)NCCNC(C)=O)c1. The molecular weight excluding hydrogens is 244 g/mol. The van der Waals surface area contributed by atoms with E-state index in [1.165, 1.54) is 12.5 Å². The van der Waals surface area contributed by atoms with Gasteiger partial charge in [0.05, 0.1) is 0 Å². The molecule has 1 rings (SSSR count). The Morgan fingerprint density at radius 2 is 1.95 bits per heavy atom. The molecule has 1 aromatic carbocycles. The Kier molecular flexibility index (Phi) is 6.43. The predicted molar refractivity (Wildman–Crippen MR) is 73.0 cm³/mol. The fraction of sp³-hybridized carbons (Fsp3) is 0.429. The highest BCUT2D eigenvalue weighted by atomic mass is 16.5. The first-order chi connectivity index (χ1) is 9.11. The molecule has 1 aromatic rings. The fourth-order valence-corrected chi connectivity index (χ4v) is 1.50. The Morgan fingerprint density at radius 1 is 1.21 bits per heavy atom. The standard InChI is InChI=1S/C14H20N2O3/c1-3-12-5-4-6-13(9-12)19-10-14(18)16-8-7-15-11(2)17/h4-6,9H,3,7-8,10H2,1-2H3,(H,15,17)(H,16,18). The lowest BCUT2D eigenvalue weighted by Crippen LogP contribution is -2.36. The van der Waals surface area contributed by atoms with Crippen LogP contribution in [0.15, 0.2) is 24.3 Å². The largest absolute Gasteiger partial charge is 0.484 e. The Hall–Kier alpha value is -2.04. The third kappa shape index (κ3) is 6.45. The minimum absolute atomic E-state index is 0.0206. The summed E-state index contributed by atoms with van der Waals surface area (Å²) < 4.78 is 5.39. The molecule has 2 amide bonds. The summed E-state index contributed by atoms with van der Waals surface area (Å²) in [7, 11) is 0. The van der Waals surface area contributed by atoms with Crippen molar-refractivity contribution in [2.75, 3.05) is 19.7 Å². The molecule has 0 unspecified atom stereocenters. The number of hydrogen-bond donors (Lipinski definition) is 2. The van der Waals surface area contributed by atoms with Gasteiger partial charge >= 0.3 is 0 Å². The van der Waals surface area contributed by atoms with Gasteiger partial charge in [-0.1, -0.05) is 19.1 Å². The van der Waals surface area contributed by atoms with Crippen molar-refractivity contribution < 1.29 is 14.3 Å². The van der Waals surface area contributed by atoms with E-state index in [9.17, 15) is 9.59 Å². The van der Waals surface area contributed by atoms with Crippen LogP contribution in [0.2, 0.25) is 0 Å². The van der Waals surface area contributed by atoms with Crippen molar-refractivity contribution in [2.24, 2.45) is 0 Å². The van der Waals surface area contributed by atoms with Crippen LogP contribution in [0, 0.1) is 0 Å². The van der Waals surface area contributed by atoms with Crippen LogP contribution in [-0.2, 0) is 16.0 Å². The molecule has 5 nitrogen and oxygen atoms in total. The highest BCUT2D eigenvalue weighted by molar-refractivity contribution is 5.77. The molecule has 0 radical (unpaired) electrons. The summed E-state index contributed by atoms with van der Waals surface area (Å²) in [5.74, 6) is 0.380. The molecule has 0 aliphatic heterocycles. The maximum atomic E-state index is 11.5. The Bertz CT molecular complexity index is 432. The minimum Gasteiger partial charge on any atom is -0.484 e. The van der Waals surface area contributed by atoms with Crippen LogP contribution in [0.4, 0.5) is 0 Å². The number of amides is 2. The van der Waals surface area contributed by atoms with E-state index in [1.54, 1.807) is 0 Å². The van der Waals surface area contributed by atoms with Crippen LogP contribution < -0.4 is 15.4 Å². The summed E-state index contributed by atoms with van der Waals surface area (Å²) >= 11 is 0. The number of benzene rings is 1. The average Bonchev–Trinajstić information content (AvgIpc) is 2.41. The van der Waals surface area contributed by atoms with Gasteiger partial charge in [0.25, 0.3) is 5.91 Å². The molecule has 0 saturated heterocycles. The van der Waals surface area contributed by atoms with Crippen molar-refractivity contribution in [3.05, 3.63) is 29.8 Å². The van der Waals surface area contributed by atoms with Crippen molar-refractivity contribution >= 4 is 11.8 Å². The normalized spacial score (nSPS) is 9.79. The Morgan fingerprint density at radius 3 is 2.63 bits per heavy atom. The van der Waals surface area contributed by atoms with Gasteiger partial charge in [0.15, 0.2) is 6.61 Å². The number of carbonyl (C=O) groups excluding carboxylic acids is 2. The summed E-state index contributed by atoms with van der Waals surface area (Å²) in [6.45, 7) is 4.30. The van der Waals surface area contributed by atoms with E-state index >= 15 is 0 Å². The van der Waals surface area contributed by atoms with Gasteiger partial charge in [0, 0.05) is 20.0 Å². The molecule has 0 aliphatic rings. The number of hydrogen-bond acceptors (Lipinski definition) is 3. The molecule has 104 valence electrons. The number of aryl methyl sites for hydroxylation is 1. The van der Waals surface area contributed by atoms with Crippen LogP contribution >= 0.6 is 0 Å². The molecule has 19 heavy (non-hydrogen) atoms. The summed E-state index contributed by atoms with van der Waals surface area (Å²) in [6.07, 6.45) is 0.931. The van der Waals surface area contributed by atoms with Gasteiger partial charge in [0.2, 0.25) is 5.91 Å². The Balaban J connectivity index is 2.24. The van der Waals surface area contributed by atoms with Crippen molar-refractivity contribution in [3.8, 4) is 5.75 Å². The van der Waals surface area contributed by atoms with Crippen molar-refractivity contribution in [1.82, 2.24) is 10.6 Å². The van der Waals surface area contributed by atoms with E-state index in [-0.39, 0.29) is 18.4 Å². The van der Waals surface area contributed by atoms with E-state index in [1.807, 2.05) is 24.3 Å². The van der Waals surface area contributed by atoms with Crippen LogP contribution in [-0.4, -0.2) is 31.5 Å². The second-order valence-corrected chi connectivity index (χ2v) is 4.12. The van der Waals surface area contributed by atoms with E-state index < -0.39 is 0 Å². The maximum Gasteiger partial charge on any atom is 0.258 e. The molecule has 0 spiro atoms. The number of rotatable bonds is 7. The lowest BCUT2D eigenvalue weighted by Gasteiger charge is -2.08. The van der Waals surface area contributed by atoms with E-state index in [4.69, 9.17) is 4.74 Å². The van der Waals surface area contributed by atoms with Gasteiger partial charge in [-0.3, -0.25) is 9.59 Å². The zero-order valence-electron chi connectivity index (χ0n) is 11.4. The van der Waals surface area contributed by atoms with Gasteiger partial charge < -0.3 is 15.4 Å². The summed E-state index contributed by atoms with van der Waals surface area (Å²) in [5.41, 5.74) is 1.17. The molecule has 0 aliphatic carbocycles. The molecule has 2 N–H and O–H groups in total. The second kappa shape index (κ2) is 8.13. The van der Waals surface area contributed by atoms with Gasteiger partial charge in [-0.05, 0) is 24.1 Å². The summed E-state index contributed by atoms with van der Waals surface area (Å²) in [5, 5.41) is 5.25. The van der Waals surface area contributed by atoms with Gasteiger partial charge in [-0.25, -0.2) is 0 Å². The van der Waals surface area contributed by atoms with Crippen LogP contribution in [0.1, 0.15) is 19.4 Å². The third-order valence-corrected chi connectivity index (χ3v) is 2.50. The van der Waals surface area contributed by atoms with E-state index in [0.717, 1.165) is 6.42 Å². The number of ether oxygens (including phenoxy) is 1. The molecule has 0 bridgehead atoms. The zero-order valence-corrected chi connectivity index (χ0v) is 11.4. The molecular formula is C14H20N2O3. The zero-order chi connectivity index (χ0) is 14.1. The van der Waals surface area contributed by atoms with Crippen LogP contribution in [0.25, 0.3) is 0 Å². The van der Waals surface area contributed by atoms with Gasteiger partial charge in [-0.2, -0.15) is 0 Å². The van der Waals surface area contributed by atoms with E-state index in [2.05, 4.69) is 17.6 Å². The first-order valence-corrected chi connectivity index (χ1v) is 6.34. The minimum atomic E-state index is -0.202. The number of carbonyl (C=O) groups is 2. The molecule has 0 aromatic heterocycles. The topological polar surface area (TPSA) is 67.4 Å². The number of nitrogens with one attached hydrogen (secondary N) is 2. The van der Waals surface area contributed by atoms with Crippen LogP contribution in [0.3, 0.4) is 0 Å². The third-order valence-electron chi connectivity index (χ3n) is 2.50. The Labute approximate surface area is 113 Å². The quantitative estimate of drug-likeness (QED) is 0.718. The monoisotopic (exact) mass is 264 g/mol. The first-order valence-electron chi connectivity index (χ1n) is 6.34. The molecule has 5 heteroatoms.